The minimum Gasteiger partial charge on any atom is -0.313 e. The normalized spacial score (nSPS) is 11.2. The zero-order valence-electron chi connectivity index (χ0n) is 10.5. The maximum absolute atomic E-state index is 13.7. The summed E-state index contributed by atoms with van der Waals surface area (Å²) in [6.07, 6.45) is 1.01. The summed E-state index contributed by atoms with van der Waals surface area (Å²) >= 11 is 1.22. The highest BCUT2D eigenvalue weighted by molar-refractivity contribution is 7.99. The molecule has 4 heteroatoms. The lowest BCUT2D eigenvalue weighted by Gasteiger charge is -2.10. The Labute approximate surface area is 106 Å². The van der Waals surface area contributed by atoms with Gasteiger partial charge in [-0.05, 0) is 30.7 Å². The number of rotatable bonds is 6. The average Bonchev–Trinajstić information content (AvgIpc) is 2.24. The van der Waals surface area contributed by atoms with Crippen LogP contribution in [0.25, 0.3) is 0 Å². The third kappa shape index (κ3) is 4.64. The van der Waals surface area contributed by atoms with Crippen molar-refractivity contribution in [3.63, 3.8) is 0 Å². The van der Waals surface area contributed by atoms with Gasteiger partial charge in [-0.2, -0.15) is 0 Å². The lowest BCUT2D eigenvalue weighted by Crippen LogP contribution is -2.14. The maximum Gasteiger partial charge on any atom is 0.140 e. The van der Waals surface area contributed by atoms with Crippen molar-refractivity contribution in [1.29, 1.82) is 0 Å². The average molecular weight is 259 g/mol. The summed E-state index contributed by atoms with van der Waals surface area (Å²) in [5.74, 6) is -0.922. The van der Waals surface area contributed by atoms with Crippen LogP contribution in [-0.4, -0.2) is 11.8 Å². The molecule has 0 fully saturated rings. The van der Waals surface area contributed by atoms with Crippen LogP contribution in [0, 0.1) is 11.6 Å². The Morgan fingerprint density at radius 1 is 1.24 bits per heavy atom. The first-order valence-electron chi connectivity index (χ1n) is 5.89. The van der Waals surface area contributed by atoms with E-state index in [0.717, 1.165) is 13.0 Å². The van der Waals surface area contributed by atoms with Gasteiger partial charge in [-0.1, -0.05) is 20.8 Å². The molecule has 0 aliphatic rings. The van der Waals surface area contributed by atoms with E-state index in [2.05, 4.69) is 12.2 Å². The SMILES string of the molecule is CCCNCc1cc(F)c(SC(C)C)c(F)c1. The van der Waals surface area contributed by atoms with Crippen molar-refractivity contribution in [2.45, 2.75) is 43.9 Å². The van der Waals surface area contributed by atoms with E-state index in [0.29, 0.717) is 12.1 Å². The smallest absolute Gasteiger partial charge is 0.140 e. The minimum atomic E-state index is -0.461. The van der Waals surface area contributed by atoms with Gasteiger partial charge in [-0.25, -0.2) is 8.78 Å². The molecule has 0 saturated heterocycles. The molecular formula is C13H19F2NS. The quantitative estimate of drug-likeness (QED) is 0.613. The van der Waals surface area contributed by atoms with Crippen molar-refractivity contribution in [2.75, 3.05) is 6.54 Å². The fourth-order valence-electron chi connectivity index (χ4n) is 1.47. The highest BCUT2D eigenvalue weighted by Crippen LogP contribution is 2.29. The Balaban J connectivity index is 2.78. The number of halogens is 2. The molecular weight excluding hydrogens is 240 g/mol. The van der Waals surface area contributed by atoms with Crippen LogP contribution in [0.3, 0.4) is 0 Å². The van der Waals surface area contributed by atoms with Gasteiger partial charge >= 0.3 is 0 Å². The van der Waals surface area contributed by atoms with E-state index in [1.54, 1.807) is 0 Å². The van der Waals surface area contributed by atoms with Gasteiger partial charge in [0.25, 0.3) is 0 Å². The number of thioether (sulfide) groups is 1. The summed E-state index contributed by atoms with van der Waals surface area (Å²) < 4.78 is 27.4. The Hall–Kier alpha value is -0.610. The van der Waals surface area contributed by atoms with Crippen LogP contribution in [0.2, 0.25) is 0 Å². The van der Waals surface area contributed by atoms with Gasteiger partial charge < -0.3 is 5.32 Å². The van der Waals surface area contributed by atoms with E-state index in [1.807, 2.05) is 13.8 Å². The predicted octanol–water partition coefficient (Wildman–Crippen LogP) is 3.96. The third-order valence-electron chi connectivity index (χ3n) is 2.17. The lowest BCUT2D eigenvalue weighted by molar-refractivity contribution is 0.534. The van der Waals surface area contributed by atoms with Gasteiger partial charge in [0.1, 0.15) is 11.6 Å². The van der Waals surface area contributed by atoms with Gasteiger partial charge in [-0.15, -0.1) is 11.8 Å². The van der Waals surface area contributed by atoms with Gasteiger partial charge in [0.2, 0.25) is 0 Å². The molecule has 1 aromatic rings. The molecule has 0 aliphatic heterocycles. The first-order valence-corrected chi connectivity index (χ1v) is 6.77. The van der Waals surface area contributed by atoms with Gasteiger partial charge in [0.05, 0.1) is 4.90 Å². The van der Waals surface area contributed by atoms with Gasteiger partial charge in [0.15, 0.2) is 0 Å². The number of benzene rings is 1. The highest BCUT2D eigenvalue weighted by Gasteiger charge is 2.13. The number of hydrogen-bond donors (Lipinski definition) is 1. The van der Waals surface area contributed by atoms with Crippen LogP contribution < -0.4 is 5.32 Å². The number of nitrogens with one attached hydrogen (secondary N) is 1. The van der Waals surface area contributed by atoms with Crippen molar-refractivity contribution in [2.24, 2.45) is 0 Å². The standard InChI is InChI=1S/C13H19F2NS/c1-4-5-16-8-10-6-11(14)13(12(15)7-10)17-9(2)3/h6-7,9,16H,4-5,8H2,1-3H3. The predicted molar refractivity (Wildman–Crippen MR) is 69.3 cm³/mol. The van der Waals surface area contributed by atoms with E-state index in [-0.39, 0.29) is 10.1 Å². The summed E-state index contributed by atoms with van der Waals surface area (Å²) in [6, 6.07) is 2.83. The summed E-state index contributed by atoms with van der Waals surface area (Å²) in [5, 5.41) is 3.30. The van der Waals surface area contributed by atoms with Gasteiger partial charge in [0, 0.05) is 11.8 Å². The molecule has 0 aromatic heterocycles. The Bertz CT molecular complexity index is 343. The molecule has 0 aliphatic carbocycles. The molecule has 1 nitrogen and oxygen atoms in total. The van der Waals surface area contributed by atoms with Crippen LogP contribution >= 0.6 is 11.8 Å². The Morgan fingerprint density at radius 3 is 2.29 bits per heavy atom. The molecule has 0 radical (unpaired) electrons. The molecule has 96 valence electrons. The molecule has 0 amide bonds. The van der Waals surface area contributed by atoms with Crippen LogP contribution in [0.4, 0.5) is 8.78 Å². The first kappa shape index (κ1) is 14.5. The number of hydrogen-bond acceptors (Lipinski definition) is 2. The molecule has 0 unspecified atom stereocenters. The molecule has 0 bridgehead atoms. The van der Waals surface area contributed by atoms with Crippen molar-refractivity contribution < 1.29 is 8.78 Å². The van der Waals surface area contributed by atoms with Crippen molar-refractivity contribution in [3.05, 3.63) is 29.3 Å². The fraction of sp³-hybridized carbons (Fsp3) is 0.538. The summed E-state index contributed by atoms with van der Waals surface area (Å²) in [7, 11) is 0. The topological polar surface area (TPSA) is 12.0 Å². The highest BCUT2D eigenvalue weighted by atomic mass is 32.2. The van der Waals surface area contributed by atoms with E-state index < -0.39 is 11.6 Å². The maximum atomic E-state index is 13.7. The van der Waals surface area contributed by atoms with Crippen LogP contribution in [0.5, 0.6) is 0 Å². The van der Waals surface area contributed by atoms with Crippen LogP contribution in [0.15, 0.2) is 17.0 Å². The van der Waals surface area contributed by atoms with Crippen LogP contribution in [-0.2, 0) is 6.54 Å². The van der Waals surface area contributed by atoms with Crippen molar-refractivity contribution in [1.82, 2.24) is 5.32 Å². The summed E-state index contributed by atoms with van der Waals surface area (Å²) in [4.78, 5) is 0.124. The zero-order valence-corrected chi connectivity index (χ0v) is 11.3. The molecule has 0 spiro atoms. The second-order valence-corrected chi connectivity index (χ2v) is 5.82. The van der Waals surface area contributed by atoms with E-state index >= 15 is 0 Å². The Morgan fingerprint density at radius 2 is 1.82 bits per heavy atom. The first-order chi connectivity index (χ1) is 8.04. The van der Waals surface area contributed by atoms with E-state index in [9.17, 15) is 8.78 Å². The third-order valence-corrected chi connectivity index (χ3v) is 3.26. The minimum absolute atomic E-state index is 0.124. The molecule has 1 aromatic carbocycles. The largest absolute Gasteiger partial charge is 0.313 e. The molecule has 1 rings (SSSR count). The van der Waals surface area contributed by atoms with Crippen molar-refractivity contribution in [3.8, 4) is 0 Å². The van der Waals surface area contributed by atoms with E-state index in [1.165, 1.54) is 23.9 Å². The molecule has 0 saturated carbocycles. The monoisotopic (exact) mass is 259 g/mol. The van der Waals surface area contributed by atoms with Crippen molar-refractivity contribution >= 4 is 11.8 Å². The molecule has 17 heavy (non-hydrogen) atoms. The molecule has 1 N–H and O–H groups in total. The van der Waals surface area contributed by atoms with Gasteiger partial charge in [-0.3, -0.25) is 0 Å². The second kappa shape index (κ2) is 6.97. The zero-order chi connectivity index (χ0) is 12.8. The van der Waals surface area contributed by atoms with Crippen LogP contribution in [0.1, 0.15) is 32.8 Å². The summed E-state index contributed by atoms with van der Waals surface area (Å²) in [5.41, 5.74) is 0.654. The lowest BCUT2D eigenvalue weighted by atomic mass is 10.2. The van der Waals surface area contributed by atoms with E-state index in [4.69, 9.17) is 0 Å². The molecule has 0 heterocycles. The Kier molecular flexibility index (Phi) is 5.92. The fourth-order valence-corrected chi connectivity index (χ4v) is 2.29. The summed E-state index contributed by atoms with van der Waals surface area (Å²) in [6.45, 7) is 7.25. The molecule has 0 atom stereocenters. The second-order valence-electron chi connectivity index (χ2n) is 4.23.